The Kier molecular flexibility index (Phi) is 4.33. The zero-order valence-corrected chi connectivity index (χ0v) is 13.9. The first kappa shape index (κ1) is 15.0. The van der Waals surface area contributed by atoms with Crippen LogP contribution in [0, 0.1) is 0 Å². The van der Waals surface area contributed by atoms with E-state index in [4.69, 9.17) is 0 Å². The van der Waals surface area contributed by atoms with Gasteiger partial charge in [0.05, 0.1) is 6.04 Å². The molecule has 1 N–H and O–H groups in total. The van der Waals surface area contributed by atoms with Crippen LogP contribution in [0.5, 0.6) is 0 Å². The number of anilines is 1. The molecule has 0 aromatic heterocycles. The number of hydrogen-bond acceptors (Lipinski definition) is 1. The van der Waals surface area contributed by atoms with Crippen molar-refractivity contribution in [2.75, 3.05) is 5.32 Å². The van der Waals surface area contributed by atoms with Crippen molar-refractivity contribution in [3.63, 3.8) is 0 Å². The molecule has 0 unspecified atom stereocenters. The van der Waals surface area contributed by atoms with E-state index in [0.29, 0.717) is 0 Å². The van der Waals surface area contributed by atoms with E-state index < -0.39 is 0 Å². The van der Waals surface area contributed by atoms with Crippen molar-refractivity contribution in [1.82, 2.24) is 0 Å². The van der Waals surface area contributed by atoms with Gasteiger partial charge in [0.15, 0.2) is 0 Å². The number of nitrogens with one attached hydrogen (secondary N) is 1. The molecule has 0 saturated heterocycles. The van der Waals surface area contributed by atoms with E-state index in [0.717, 1.165) is 0 Å². The Hall–Kier alpha value is -2.54. The molecular weight excluding hydrogens is 290 g/mol. The number of aryl methyl sites for hydroxylation is 2. The maximum absolute atomic E-state index is 3.76. The Morgan fingerprint density at radius 1 is 0.625 bits per heavy atom. The number of fused-ring (bicyclic) bond motifs is 1. The molecule has 0 radical (unpaired) electrons. The zero-order valence-electron chi connectivity index (χ0n) is 13.9. The van der Waals surface area contributed by atoms with Crippen molar-refractivity contribution < 1.29 is 0 Å². The second-order valence-electron chi connectivity index (χ2n) is 6.59. The second-order valence-corrected chi connectivity index (χ2v) is 6.59. The molecule has 24 heavy (non-hydrogen) atoms. The topological polar surface area (TPSA) is 12.0 Å². The maximum Gasteiger partial charge on any atom is 0.0767 e. The van der Waals surface area contributed by atoms with Crippen LogP contribution in [0.2, 0.25) is 0 Å². The fourth-order valence-corrected chi connectivity index (χ4v) is 3.64. The quantitative estimate of drug-likeness (QED) is 0.645. The fourth-order valence-electron chi connectivity index (χ4n) is 3.64. The highest BCUT2D eigenvalue weighted by Crippen LogP contribution is 2.29. The van der Waals surface area contributed by atoms with Crippen LogP contribution >= 0.6 is 0 Å². The van der Waals surface area contributed by atoms with Gasteiger partial charge in [-0.3, -0.25) is 0 Å². The molecular formula is C23H23N. The first-order valence-corrected chi connectivity index (χ1v) is 8.88. The molecule has 1 nitrogen and oxygen atoms in total. The van der Waals surface area contributed by atoms with Crippen LogP contribution in [0.4, 0.5) is 5.69 Å². The van der Waals surface area contributed by atoms with E-state index in [9.17, 15) is 0 Å². The summed E-state index contributed by atoms with van der Waals surface area (Å²) >= 11 is 0. The Labute approximate surface area is 144 Å². The van der Waals surface area contributed by atoms with Gasteiger partial charge >= 0.3 is 0 Å². The van der Waals surface area contributed by atoms with Crippen LogP contribution in [0.1, 0.15) is 41.1 Å². The van der Waals surface area contributed by atoms with Crippen molar-refractivity contribution in [2.45, 2.75) is 31.7 Å². The summed E-state index contributed by atoms with van der Waals surface area (Å²) in [6, 6.07) is 28.5. The van der Waals surface area contributed by atoms with Gasteiger partial charge in [0.2, 0.25) is 0 Å². The molecule has 1 aliphatic carbocycles. The Bertz CT molecular complexity index is 753. The second kappa shape index (κ2) is 6.92. The van der Waals surface area contributed by atoms with Crippen LogP contribution in [-0.2, 0) is 12.8 Å². The molecule has 3 aromatic rings. The molecule has 0 spiro atoms. The minimum absolute atomic E-state index is 0.175. The van der Waals surface area contributed by atoms with Crippen LogP contribution in [0.15, 0.2) is 78.9 Å². The van der Waals surface area contributed by atoms with Gasteiger partial charge < -0.3 is 5.32 Å². The lowest BCUT2D eigenvalue weighted by atomic mass is 9.91. The van der Waals surface area contributed by atoms with Gasteiger partial charge in [-0.05, 0) is 60.1 Å². The number of benzene rings is 3. The van der Waals surface area contributed by atoms with Crippen LogP contribution in [0.25, 0.3) is 0 Å². The predicted octanol–water partition coefficient (Wildman–Crippen LogP) is 5.77. The van der Waals surface area contributed by atoms with Gasteiger partial charge in [0, 0.05) is 5.69 Å². The SMILES string of the molecule is c1ccc(C(Nc2ccc3c(c2)CCCC3)c2ccccc2)cc1. The third kappa shape index (κ3) is 3.21. The standard InChI is InChI=1S/C23H23N/c1-3-10-19(11-4-1)23(20-12-5-2-6-13-20)24-22-16-15-18-9-7-8-14-21(18)17-22/h1-6,10-13,15-17,23-24H,7-9,14H2. The van der Waals surface area contributed by atoms with Crippen LogP contribution < -0.4 is 5.32 Å². The molecule has 0 heterocycles. The predicted molar refractivity (Wildman–Crippen MR) is 101 cm³/mol. The van der Waals surface area contributed by atoms with Crippen molar-refractivity contribution in [2.24, 2.45) is 0 Å². The summed E-state index contributed by atoms with van der Waals surface area (Å²) in [7, 11) is 0. The molecule has 1 heteroatoms. The Morgan fingerprint density at radius 3 is 1.83 bits per heavy atom. The summed E-state index contributed by atoms with van der Waals surface area (Å²) in [5, 5.41) is 3.76. The van der Waals surface area contributed by atoms with Crippen LogP contribution in [-0.4, -0.2) is 0 Å². The summed E-state index contributed by atoms with van der Waals surface area (Å²) in [4.78, 5) is 0. The largest absolute Gasteiger partial charge is 0.374 e. The minimum Gasteiger partial charge on any atom is -0.374 e. The molecule has 0 amide bonds. The Balaban J connectivity index is 1.67. The number of rotatable bonds is 4. The molecule has 0 atom stereocenters. The molecule has 3 aromatic carbocycles. The van der Waals surface area contributed by atoms with Gasteiger partial charge in [-0.1, -0.05) is 66.7 Å². The molecule has 0 saturated carbocycles. The third-order valence-corrected chi connectivity index (χ3v) is 4.93. The lowest BCUT2D eigenvalue weighted by Gasteiger charge is -2.23. The van der Waals surface area contributed by atoms with Crippen LogP contribution in [0.3, 0.4) is 0 Å². The maximum atomic E-state index is 3.76. The van der Waals surface area contributed by atoms with Gasteiger partial charge in [-0.15, -0.1) is 0 Å². The van der Waals surface area contributed by atoms with E-state index in [2.05, 4.69) is 84.2 Å². The lowest BCUT2D eigenvalue weighted by molar-refractivity contribution is 0.685. The first-order chi connectivity index (χ1) is 11.9. The van der Waals surface area contributed by atoms with Gasteiger partial charge in [0.1, 0.15) is 0 Å². The molecule has 0 fully saturated rings. The van der Waals surface area contributed by atoms with Gasteiger partial charge in [-0.2, -0.15) is 0 Å². The van der Waals surface area contributed by atoms with E-state index in [1.165, 1.54) is 53.6 Å². The Morgan fingerprint density at radius 2 is 1.21 bits per heavy atom. The lowest BCUT2D eigenvalue weighted by Crippen LogP contribution is -2.13. The average molecular weight is 313 g/mol. The van der Waals surface area contributed by atoms with E-state index in [1.807, 2.05) is 0 Å². The van der Waals surface area contributed by atoms with Crippen molar-refractivity contribution in [3.8, 4) is 0 Å². The van der Waals surface area contributed by atoms with Crippen molar-refractivity contribution in [3.05, 3.63) is 101 Å². The smallest absolute Gasteiger partial charge is 0.0767 e. The number of hydrogen-bond donors (Lipinski definition) is 1. The normalized spacial score (nSPS) is 13.5. The average Bonchev–Trinajstić information content (AvgIpc) is 2.67. The fraction of sp³-hybridized carbons (Fsp3) is 0.217. The van der Waals surface area contributed by atoms with E-state index in [-0.39, 0.29) is 6.04 Å². The summed E-state index contributed by atoms with van der Waals surface area (Å²) in [6.45, 7) is 0. The summed E-state index contributed by atoms with van der Waals surface area (Å²) in [5.74, 6) is 0. The molecule has 120 valence electrons. The summed E-state index contributed by atoms with van der Waals surface area (Å²) < 4.78 is 0. The highest BCUT2D eigenvalue weighted by atomic mass is 14.9. The van der Waals surface area contributed by atoms with Gasteiger partial charge in [-0.25, -0.2) is 0 Å². The minimum atomic E-state index is 0.175. The first-order valence-electron chi connectivity index (χ1n) is 8.88. The van der Waals surface area contributed by atoms with Crippen molar-refractivity contribution >= 4 is 5.69 Å². The molecule has 0 bridgehead atoms. The summed E-state index contributed by atoms with van der Waals surface area (Å²) in [6.07, 6.45) is 5.09. The van der Waals surface area contributed by atoms with E-state index >= 15 is 0 Å². The molecule has 0 aliphatic heterocycles. The molecule has 1 aliphatic rings. The monoisotopic (exact) mass is 313 g/mol. The van der Waals surface area contributed by atoms with E-state index in [1.54, 1.807) is 0 Å². The van der Waals surface area contributed by atoms with Crippen molar-refractivity contribution in [1.29, 1.82) is 0 Å². The molecule has 4 rings (SSSR count). The van der Waals surface area contributed by atoms with Gasteiger partial charge in [0.25, 0.3) is 0 Å². The third-order valence-electron chi connectivity index (χ3n) is 4.93. The zero-order chi connectivity index (χ0) is 16.2. The highest BCUT2D eigenvalue weighted by molar-refractivity contribution is 5.53. The summed E-state index contributed by atoms with van der Waals surface area (Å²) in [5.41, 5.74) is 6.85. The highest BCUT2D eigenvalue weighted by Gasteiger charge is 2.15.